The highest BCUT2D eigenvalue weighted by Crippen LogP contribution is 2.16. The molecule has 0 aliphatic carbocycles. The first-order chi connectivity index (χ1) is 10.8. The van der Waals surface area contributed by atoms with Gasteiger partial charge in [-0.3, -0.25) is 4.90 Å². The lowest BCUT2D eigenvalue weighted by Crippen LogP contribution is -2.29. The van der Waals surface area contributed by atoms with Gasteiger partial charge in [-0.2, -0.15) is 0 Å². The van der Waals surface area contributed by atoms with Crippen LogP contribution >= 0.6 is 0 Å². The van der Waals surface area contributed by atoms with Crippen molar-refractivity contribution >= 4 is 11.7 Å². The van der Waals surface area contributed by atoms with Crippen LogP contribution in [0.25, 0.3) is 0 Å². The Bertz CT molecular complexity index is 459. The van der Waals surface area contributed by atoms with Crippen LogP contribution < -0.4 is 5.32 Å². The van der Waals surface area contributed by atoms with Crippen molar-refractivity contribution in [1.29, 1.82) is 0 Å². The van der Waals surface area contributed by atoms with E-state index in [4.69, 9.17) is 9.84 Å². The molecule has 1 aromatic rings. The van der Waals surface area contributed by atoms with E-state index in [1.54, 1.807) is 0 Å². The topological polar surface area (TPSA) is 61.8 Å². The largest absolute Gasteiger partial charge is 0.464 e. The van der Waals surface area contributed by atoms with Gasteiger partial charge in [0.25, 0.3) is 0 Å². The van der Waals surface area contributed by atoms with Crippen LogP contribution in [0.1, 0.15) is 31.2 Å². The summed E-state index contributed by atoms with van der Waals surface area (Å²) in [5.74, 6) is -0.566. The fraction of sp³-hybridized carbons (Fsp3) is 0.588. The van der Waals surface area contributed by atoms with Gasteiger partial charge < -0.3 is 15.2 Å². The van der Waals surface area contributed by atoms with E-state index in [-0.39, 0.29) is 0 Å². The average Bonchev–Trinajstić information content (AvgIpc) is 2.55. The number of aliphatic hydroxyl groups is 1. The van der Waals surface area contributed by atoms with Crippen LogP contribution in [0.2, 0.25) is 0 Å². The minimum Gasteiger partial charge on any atom is -0.464 e. The van der Waals surface area contributed by atoms with Gasteiger partial charge in [0, 0.05) is 18.8 Å². The Morgan fingerprint density at radius 2 is 2.09 bits per heavy atom. The number of piperidine rings is 1. The summed E-state index contributed by atoms with van der Waals surface area (Å²) < 4.78 is 4.82. The van der Waals surface area contributed by atoms with Gasteiger partial charge in [-0.25, -0.2) is 4.79 Å². The summed E-state index contributed by atoms with van der Waals surface area (Å²) in [6, 6.07) is 8.49. The molecule has 2 N–H and O–H groups in total. The maximum atomic E-state index is 10.8. The fourth-order valence-corrected chi connectivity index (χ4v) is 2.69. The third kappa shape index (κ3) is 6.03. The number of anilines is 1. The first-order valence-corrected chi connectivity index (χ1v) is 8.09. The highest BCUT2D eigenvalue weighted by molar-refractivity contribution is 5.70. The van der Waals surface area contributed by atoms with Gasteiger partial charge >= 0.3 is 5.97 Å². The molecule has 5 heteroatoms. The Morgan fingerprint density at radius 1 is 1.27 bits per heavy atom. The van der Waals surface area contributed by atoms with Gasteiger partial charge in [0.15, 0.2) is 0 Å². The lowest BCUT2D eigenvalue weighted by atomic mass is 10.1. The quantitative estimate of drug-likeness (QED) is 0.568. The van der Waals surface area contributed by atoms with Crippen LogP contribution in [0.3, 0.4) is 0 Å². The number of hydrogen-bond acceptors (Lipinski definition) is 5. The van der Waals surface area contributed by atoms with Crippen LogP contribution in [-0.4, -0.2) is 48.8 Å². The number of ether oxygens (including phenoxy) is 1. The lowest BCUT2D eigenvalue weighted by molar-refractivity contribution is -0.146. The third-order valence-corrected chi connectivity index (χ3v) is 3.82. The van der Waals surface area contributed by atoms with Crippen LogP contribution in [0.15, 0.2) is 24.3 Å². The zero-order valence-electron chi connectivity index (χ0n) is 13.1. The molecule has 1 aromatic carbocycles. The summed E-state index contributed by atoms with van der Waals surface area (Å²) >= 11 is 0. The molecule has 1 aliphatic heterocycles. The van der Waals surface area contributed by atoms with Crippen molar-refractivity contribution in [3.8, 4) is 0 Å². The Kier molecular flexibility index (Phi) is 7.19. The first kappa shape index (κ1) is 16.8. The molecule has 1 fully saturated rings. The number of nitrogens with zero attached hydrogens (tertiary/aromatic N) is 1. The van der Waals surface area contributed by atoms with Crippen LogP contribution in [0, 0.1) is 0 Å². The summed E-state index contributed by atoms with van der Waals surface area (Å²) in [6.07, 6.45) is 4.70. The van der Waals surface area contributed by atoms with Crippen molar-refractivity contribution in [3.63, 3.8) is 0 Å². The predicted octanol–water partition coefficient (Wildman–Crippen LogP) is 2.01. The van der Waals surface area contributed by atoms with Crippen molar-refractivity contribution in [1.82, 2.24) is 4.90 Å². The molecule has 0 spiro atoms. The standard InChI is InChI=1S/C17H26N2O3/c20-14-17(21)22-11-5-8-18-16-7-4-6-15(12-16)13-19-9-2-1-3-10-19/h4,6-7,12,18,20H,1-3,5,8-11,13-14H2. The number of rotatable bonds is 8. The highest BCUT2D eigenvalue weighted by atomic mass is 16.5. The van der Waals surface area contributed by atoms with Crippen molar-refractivity contribution in [3.05, 3.63) is 29.8 Å². The highest BCUT2D eigenvalue weighted by Gasteiger charge is 2.10. The molecule has 0 aromatic heterocycles. The normalized spacial score (nSPS) is 15.5. The zero-order chi connectivity index (χ0) is 15.6. The molecule has 122 valence electrons. The molecular formula is C17H26N2O3. The van der Waals surface area contributed by atoms with Crippen molar-refractivity contribution in [2.75, 3.05) is 38.2 Å². The molecule has 22 heavy (non-hydrogen) atoms. The van der Waals surface area contributed by atoms with E-state index in [9.17, 15) is 4.79 Å². The number of carbonyl (C=O) groups is 1. The molecule has 1 heterocycles. The summed E-state index contributed by atoms with van der Waals surface area (Å²) in [5, 5.41) is 11.9. The van der Waals surface area contributed by atoms with Crippen molar-refractivity contribution < 1.29 is 14.6 Å². The van der Waals surface area contributed by atoms with E-state index in [2.05, 4.69) is 34.5 Å². The average molecular weight is 306 g/mol. The Labute approximate surface area is 132 Å². The lowest BCUT2D eigenvalue weighted by Gasteiger charge is -2.26. The first-order valence-electron chi connectivity index (χ1n) is 8.09. The van der Waals surface area contributed by atoms with E-state index < -0.39 is 12.6 Å². The van der Waals surface area contributed by atoms with Gasteiger partial charge in [-0.1, -0.05) is 18.6 Å². The number of carbonyl (C=O) groups excluding carboxylic acids is 1. The van der Waals surface area contributed by atoms with Crippen molar-refractivity contribution in [2.45, 2.75) is 32.2 Å². The molecular weight excluding hydrogens is 280 g/mol. The monoisotopic (exact) mass is 306 g/mol. The minimum atomic E-state index is -0.566. The maximum Gasteiger partial charge on any atom is 0.331 e. The molecule has 0 atom stereocenters. The molecule has 5 nitrogen and oxygen atoms in total. The number of hydrogen-bond donors (Lipinski definition) is 2. The Hall–Kier alpha value is -1.59. The van der Waals surface area contributed by atoms with E-state index in [0.29, 0.717) is 6.61 Å². The van der Waals surface area contributed by atoms with Gasteiger partial charge in [0.05, 0.1) is 6.61 Å². The molecule has 0 bridgehead atoms. The van der Waals surface area contributed by atoms with Crippen LogP contribution in [0.5, 0.6) is 0 Å². The van der Waals surface area contributed by atoms with Gasteiger partial charge in [-0.05, 0) is 50.0 Å². The molecule has 0 unspecified atom stereocenters. The molecule has 2 rings (SSSR count). The summed E-state index contributed by atoms with van der Waals surface area (Å²) in [6.45, 7) is 3.95. The predicted molar refractivity (Wildman–Crippen MR) is 86.7 cm³/mol. The number of aliphatic hydroxyl groups excluding tert-OH is 1. The molecule has 0 amide bonds. The summed E-state index contributed by atoms with van der Waals surface area (Å²) in [7, 11) is 0. The van der Waals surface area contributed by atoms with Crippen LogP contribution in [0.4, 0.5) is 5.69 Å². The SMILES string of the molecule is O=C(CO)OCCCNc1cccc(CN2CCCCC2)c1. The second-order valence-corrected chi connectivity index (χ2v) is 5.70. The maximum absolute atomic E-state index is 10.8. The van der Waals surface area contributed by atoms with E-state index in [1.165, 1.54) is 37.9 Å². The van der Waals surface area contributed by atoms with Crippen molar-refractivity contribution in [2.24, 2.45) is 0 Å². The number of esters is 1. The number of benzene rings is 1. The zero-order valence-corrected chi connectivity index (χ0v) is 13.1. The van der Waals surface area contributed by atoms with Gasteiger partial charge in [0.2, 0.25) is 0 Å². The third-order valence-electron chi connectivity index (χ3n) is 3.82. The second-order valence-electron chi connectivity index (χ2n) is 5.70. The fourth-order valence-electron chi connectivity index (χ4n) is 2.69. The van der Waals surface area contributed by atoms with Gasteiger partial charge in [-0.15, -0.1) is 0 Å². The second kappa shape index (κ2) is 9.43. The van der Waals surface area contributed by atoms with Gasteiger partial charge in [0.1, 0.15) is 6.61 Å². The summed E-state index contributed by atoms with van der Waals surface area (Å²) in [4.78, 5) is 13.3. The molecule has 1 aliphatic rings. The smallest absolute Gasteiger partial charge is 0.331 e. The van der Waals surface area contributed by atoms with E-state index in [1.807, 2.05) is 0 Å². The molecule has 0 radical (unpaired) electrons. The summed E-state index contributed by atoms with van der Waals surface area (Å²) in [5.41, 5.74) is 2.43. The number of nitrogens with one attached hydrogen (secondary N) is 1. The molecule has 1 saturated heterocycles. The van der Waals surface area contributed by atoms with Crippen LogP contribution in [-0.2, 0) is 16.1 Å². The Morgan fingerprint density at radius 3 is 2.86 bits per heavy atom. The minimum absolute atomic E-state index is 0.333. The molecule has 0 saturated carbocycles. The Balaban J connectivity index is 1.70. The van der Waals surface area contributed by atoms with E-state index in [0.717, 1.165) is 25.2 Å². The number of likely N-dealkylation sites (tertiary alicyclic amines) is 1. The van der Waals surface area contributed by atoms with E-state index >= 15 is 0 Å².